The number of carbonyl (C=O) groups is 2. The highest BCUT2D eigenvalue weighted by atomic mass is 35.5. The molecule has 2 aromatic rings. The summed E-state index contributed by atoms with van der Waals surface area (Å²) in [6, 6.07) is 4.73. The van der Waals surface area contributed by atoms with Gasteiger partial charge < -0.3 is 10.4 Å². The van der Waals surface area contributed by atoms with E-state index in [0.29, 0.717) is 0 Å². The molecule has 0 unspecified atom stereocenters. The third kappa shape index (κ3) is 2.76. The van der Waals surface area contributed by atoms with Crippen LogP contribution in [0.2, 0.25) is 10.0 Å². The van der Waals surface area contributed by atoms with Gasteiger partial charge in [0.15, 0.2) is 5.69 Å². The summed E-state index contributed by atoms with van der Waals surface area (Å²) in [7, 11) is 1.52. The van der Waals surface area contributed by atoms with Crippen LogP contribution in [0.1, 0.15) is 20.8 Å². The van der Waals surface area contributed by atoms with E-state index < -0.39 is 11.9 Å². The molecule has 2 N–H and O–H groups in total. The molecule has 0 aliphatic rings. The molecule has 0 radical (unpaired) electrons. The molecule has 0 aliphatic carbocycles. The van der Waals surface area contributed by atoms with Crippen LogP contribution in [-0.4, -0.2) is 26.8 Å². The van der Waals surface area contributed by atoms with Gasteiger partial charge in [-0.25, -0.2) is 4.79 Å². The van der Waals surface area contributed by atoms with Crippen LogP contribution in [0.3, 0.4) is 0 Å². The molecule has 6 nitrogen and oxygen atoms in total. The van der Waals surface area contributed by atoms with Crippen molar-refractivity contribution >= 4 is 40.8 Å². The van der Waals surface area contributed by atoms with Crippen molar-refractivity contribution in [2.24, 2.45) is 7.05 Å². The molecule has 0 aliphatic heterocycles. The molecule has 0 spiro atoms. The number of aromatic carboxylic acids is 1. The van der Waals surface area contributed by atoms with Crippen molar-refractivity contribution in [2.45, 2.75) is 0 Å². The number of nitrogens with one attached hydrogen (secondary N) is 1. The van der Waals surface area contributed by atoms with Crippen LogP contribution < -0.4 is 5.32 Å². The summed E-state index contributed by atoms with van der Waals surface area (Å²) in [6.07, 6.45) is 1.25. The zero-order valence-corrected chi connectivity index (χ0v) is 11.7. The smallest absolute Gasteiger partial charge is 0.339 e. The second-order valence-electron chi connectivity index (χ2n) is 3.93. The molecule has 20 heavy (non-hydrogen) atoms. The van der Waals surface area contributed by atoms with Gasteiger partial charge in [0.25, 0.3) is 5.91 Å². The van der Waals surface area contributed by atoms with Gasteiger partial charge in [0.05, 0.1) is 15.7 Å². The summed E-state index contributed by atoms with van der Waals surface area (Å²) in [4.78, 5) is 23.1. The minimum absolute atomic E-state index is 0.176. The molecule has 0 atom stereocenters. The normalized spacial score (nSPS) is 10.3. The lowest BCUT2D eigenvalue weighted by Crippen LogP contribution is -2.16. The van der Waals surface area contributed by atoms with Crippen molar-refractivity contribution in [2.75, 3.05) is 5.32 Å². The van der Waals surface area contributed by atoms with Crippen LogP contribution in [0.15, 0.2) is 24.4 Å². The first kappa shape index (κ1) is 14.4. The van der Waals surface area contributed by atoms with E-state index in [2.05, 4.69) is 10.4 Å². The average molecular weight is 314 g/mol. The Morgan fingerprint density at radius 2 is 2.05 bits per heavy atom. The number of carboxylic acids is 1. The number of carboxylic acid groups (broad SMARTS) is 1. The topological polar surface area (TPSA) is 84.2 Å². The summed E-state index contributed by atoms with van der Waals surface area (Å²) in [6.45, 7) is 0. The molecule has 0 saturated carbocycles. The third-order valence-corrected chi connectivity index (χ3v) is 3.29. The molecule has 1 aromatic heterocycles. The zero-order valence-electron chi connectivity index (χ0n) is 10.2. The predicted molar refractivity (Wildman–Crippen MR) is 74.6 cm³/mol. The minimum Gasteiger partial charge on any atom is -0.478 e. The molecule has 1 amide bonds. The number of carbonyl (C=O) groups excluding carboxylic acids is 1. The summed E-state index contributed by atoms with van der Waals surface area (Å²) >= 11 is 11.8. The summed E-state index contributed by atoms with van der Waals surface area (Å²) in [5.74, 6) is -1.91. The highest BCUT2D eigenvalue weighted by Crippen LogP contribution is 2.29. The monoisotopic (exact) mass is 313 g/mol. The Labute approximate surface area is 123 Å². The molecule has 0 saturated heterocycles. The Bertz CT molecular complexity index is 697. The largest absolute Gasteiger partial charge is 0.478 e. The number of benzene rings is 1. The number of halogens is 2. The van der Waals surface area contributed by atoms with Crippen LogP contribution in [0.4, 0.5) is 5.69 Å². The second kappa shape index (κ2) is 5.52. The van der Waals surface area contributed by atoms with Crippen LogP contribution in [0.25, 0.3) is 0 Å². The van der Waals surface area contributed by atoms with E-state index in [1.165, 1.54) is 17.9 Å². The van der Waals surface area contributed by atoms with E-state index in [1.54, 1.807) is 18.2 Å². The van der Waals surface area contributed by atoms with Gasteiger partial charge in [0.2, 0.25) is 0 Å². The number of nitrogens with zero attached hydrogens (tertiary/aromatic N) is 2. The second-order valence-corrected chi connectivity index (χ2v) is 4.71. The van der Waals surface area contributed by atoms with Gasteiger partial charge in [0, 0.05) is 13.2 Å². The first-order valence-electron chi connectivity index (χ1n) is 5.42. The number of hydrogen-bond acceptors (Lipinski definition) is 3. The highest BCUT2D eigenvalue weighted by molar-refractivity contribution is 6.44. The molecule has 1 heterocycles. The maximum absolute atomic E-state index is 12.1. The molecular weight excluding hydrogens is 305 g/mol. The van der Waals surface area contributed by atoms with Crippen LogP contribution >= 0.6 is 23.2 Å². The zero-order chi connectivity index (χ0) is 14.9. The Hall–Kier alpha value is -2.05. The van der Waals surface area contributed by atoms with Crippen molar-refractivity contribution in [3.63, 3.8) is 0 Å². The van der Waals surface area contributed by atoms with Crippen molar-refractivity contribution in [3.05, 3.63) is 45.7 Å². The lowest BCUT2D eigenvalue weighted by atomic mass is 10.2. The molecule has 2 rings (SSSR count). The van der Waals surface area contributed by atoms with Gasteiger partial charge in [0.1, 0.15) is 5.56 Å². The highest BCUT2D eigenvalue weighted by Gasteiger charge is 2.21. The Morgan fingerprint density at radius 1 is 1.35 bits per heavy atom. The van der Waals surface area contributed by atoms with Gasteiger partial charge in [-0.05, 0) is 12.1 Å². The van der Waals surface area contributed by atoms with E-state index in [9.17, 15) is 9.59 Å². The molecular formula is C12H9Cl2N3O3. The quantitative estimate of drug-likeness (QED) is 0.912. The average Bonchev–Trinajstić information content (AvgIpc) is 2.77. The molecule has 1 aromatic carbocycles. The molecule has 8 heteroatoms. The summed E-state index contributed by atoms with van der Waals surface area (Å²) in [5, 5.41) is 15.8. The van der Waals surface area contributed by atoms with Crippen molar-refractivity contribution in [3.8, 4) is 0 Å². The predicted octanol–water partition coefficient (Wildman–Crippen LogP) is 2.68. The molecule has 0 fully saturated rings. The fraction of sp³-hybridized carbons (Fsp3) is 0.0833. The maximum Gasteiger partial charge on any atom is 0.339 e. The molecule has 104 valence electrons. The lowest BCUT2D eigenvalue weighted by Gasteiger charge is -2.07. The first-order chi connectivity index (χ1) is 9.40. The van der Waals surface area contributed by atoms with Gasteiger partial charge in [-0.3, -0.25) is 9.48 Å². The molecule has 0 bridgehead atoms. The number of anilines is 1. The number of hydrogen-bond donors (Lipinski definition) is 2. The first-order valence-corrected chi connectivity index (χ1v) is 6.18. The van der Waals surface area contributed by atoms with E-state index >= 15 is 0 Å². The summed E-state index contributed by atoms with van der Waals surface area (Å²) in [5.41, 5.74) is -0.106. The van der Waals surface area contributed by atoms with E-state index in [1.807, 2.05) is 0 Å². The lowest BCUT2D eigenvalue weighted by molar-refractivity contribution is 0.0692. The Morgan fingerprint density at radius 3 is 2.70 bits per heavy atom. The van der Waals surface area contributed by atoms with Crippen LogP contribution in [0, 0.1) is 0 Å². The van der Waals surface area contributed by atoms with Crippen molar-refractivity contribution in [1.29, 1.82) is 0 Å². The van der Waals surface area contributed by atoms with Crippen molar-refractivity contribution in [1.82, 2.24) is 9.78 Å². The van der Waals surface area contributed by atoms with E-state index in [0.717, 1.165) is 0 Å². The maximum atomic E-state index is 12.1. The third-order valence-electron chi connectivity index (χ3n) is 2.47. The minimum atomic E-state index is -1.24. The van der Waals surface area contributed by atoms with Crippen LogP contribution in [0.5, 0.6) is 0 Å². The van der Waals surface area contributed by atoms with Gasteiger partial charge in [-0.1, -0.05) is 29.3 Å². The van der Waals surface area contributed by atoms with Crippen LogP contribution in [-0.2, 0) is 7.05 Å². The van der Waals surface area contributed by atoms with Gasteiger partial charge in [-0.15, -0.1) is 0 Å². The number of rotatable bonds is 3. The van der Waals surface area contributed by atoms with Gasteiger partial charge in [-0.2, -0.15) is 5.10 Å². The Kier molecular flexibility index (Phi) is 3.96. The van der Waals surface area contributed by atoms with E-state index in [4.69, 9.17) is 28.3 Å². The van der Waals surface area contributed by atoms with Crippen molar-refractivity contribution < 1.29 is 14.7 Å². The van der Waals surface area contributed by atoms with E-state index in [-0.39, 0.29) is 27.0 Å². The SMILES string of the molecule is Cn1cc(C(=O)O)c(C(=O)Nc2cccc(Cl)c2Cl)n1. The standard InChI is InChI=1S/C12H9Cl2N3O3/c1-17-5-6(12(19)20)10(16-17)11(18)15-8-4-2-3-7(13)9(8)14/h2-5H,1H3,(H,15,18)(H,19,20). The fourth-order valence-electron chi connectivity index (χ4n) is 1.59. The number of amides is 1. The fourth-order valence-corrected chi connectivity index (χ4v) is 1.94. The number of aromatic nitrogens is 2. The van der Waals surface area contributed by atoms with Gasteiger partial charge >= 0.3 is 5.97 Å². The number of aryl methyl sites for hydroxylation is 1. The summed E-state index contributed by atoms with van der Waals surface area (Å²) < 4.78 is 1.25. The Balaban J connectivity index is 2.33.